The molecule has 18 N–H and O–H groups in total. The van der Waals surface area contributed by atoms with Gasteiger partial charge in [-0.1, -0.05) is 100 Å². The highest BCUT2D eigenvalue weighted by Gasteiger charge is 2.57. The summed E-state index contributed by atoms with van der Waals surface area (Å²) < 4.78 is 181. The molecule has 0 radical (unpaired) electrons. The molecule has 9 fully saturated rings. The first-order valence-corrected chi connectivity index (χ1v) is 61.5. The van der Waals surface area contributed by atoms with Crippen LogP contribution in [0.25, 0.3) is 67.0 Å². The van der Waals surface area contributed by atoms with Crippen LogP contribution in [0.4, 0.5) is 48.5 Å². The van der Waals surface area contributed by atoms with Crippen LogP contribution in [-0.2, 0) is 156 Å². The average molecular weight is 2360 g/mol. The number of carbonyl (C=O) groups excluding carboxylic acids is 2. The minimum absolute atomic E-state index is 0. The first kappa shape index (κ1) is 109. The molecular formula is C68H79F3N38O27P6S8. The summed E-state index contributed by atoms with van der Waals surface area (Å²) in [7, 11) is 0. The maximum Gasteiger partial charge on any atom is 0.386 e. The second-order valence-electron chi connectivity index (χ2n) is 33.4. The number of aromatic amines is 3. The molecule has 22 rings (SSSR count). The average Bonchev–Trinajstić information content (AvgIpc) is 1.62. The second kappa shape index (κ2) is 43.7. The Hall–Kier alpha value is -9.43. The van der Waals surface area contributed by atoms with Gasteiger partial charge in [0.2, 0.25) is 35.1 Å². The molecule has 27 atom stereocenters. The van der Waals surface area contributed by atoms with E-state index < -0.39 is 222 Å². The summed E-state index contributed by atoms with van der Waals surface area (Å²) in [4.78, 5) is 129. The van der Waals surface area contributed by atoms with Crippen molar-refractivity contribution < 1.29 is 124 Å². The van der Waals surface area contributed by atoms with Gasteiger partial charge in [-0.3, -0.25) is 57.8 Å². The number of alkyl halides is 3. The van der Waals surface area contributed by atoms with Crippen LogP contribution < -0.4 is 56.4 Å². The zero-order valence-electron chi connectivity index (χ0n) is 75.9. The van der Waals surface area contributed by atoms with Gasteiger partial charge in [-0.05, 0) is 71.2 Å². The van der Waals surface area contributed by atoms with E-state index in [0.29, 0.717) is 5.56 Å². The summed E-state index contributed by atoms with van der Waals surface area (Å²) in [6.07, 6.45) is -24.3. The van der Waals surface area contributed by atoms with Crippen molar-refractivity contribution in [3.05, 3.63) is 85.9 Å². The van der Waals surface area contributed by atoms with Crippen molar-refractivity contribution in [3.8, 4) is 6.07 Å². The Morgan fingerprint density at radius 3 is 1.32 bits per heavy atom. The molecule has 0 aliphatic carbocycles. The van der Waals surface area contributed by atoms with E-state index in [4.69, 9.17) is 169 Å². The van der Waals surface area contributed by atoms with Crippen LogP contribution in [0.1, 0.15) is 87.3 Å². The number of nitrogens with two attached hydrogens (primary N) is 4. The fraction of sp³-hybridized carbons (Fsp3) is 0.515. The zero-order valence-corrected chi connectivity index (χ0v) is 88.1. The number of thiol groups is 3. The monoisotopic (exact) mass is 2360 g/mol. The fourth-order valence-corrected chi connectivity index (χ4v) is 26.9. The van der Waals surface area contributed by atoms with Gasteiger partial charge in [-0.2, -0.15) is 48.3 Å². The maximum absolute atomic E-state index is 16.8. The number of ether oxygens (including phenoxy) is 6. The highest BCUT2D eigenvalue weighted by atomic mass is 32.9. The van der Waals surface area contributed by atoms with Gasteiger partial charge in [0, 0.05) is 30.7 Å². The molecule has 150 heavy (non-hydrogen) atoms. The number of H-pyrrole nitrogens is 3. The van der Waals surface area contributed by atoms with Crippen LogP contribution in [0.5, 0.6) is 0 Å². The van der Waals surface area contributed by atoms with Crippen molar-refractivity contribution in [3.63, 3.8) is 0 Å². The molecular weight excluding hydrogens is 2280 g/mol. The molecule has 6 unspecified atom stereocenters. The summed E-state index contributed by atoms with van der Waals surface area (Å²) in [5.41, 5.74) is 14.4. The Bertz CT molecular complexity index is 7650. The quantitative estimate of drug-likeness (QED) is 0.0448. The third-order valence-electron chi connectivity index (χ3n) is 23.1. The van der Waals surface area contributed by atoms with Gasteiger partial charge in [0.25, 0.3) is 22.6 Å². The molecule has 0 spiro atoms. The molecule has 9 saturated heterocycles. The molecule has 12 aromatic heterocycles. The number of aromatic nitrogens is 30. The predicted molar refractivity (Wildman–Crippen MR) is 531 cm³/mol. The normalized spacial score (nSPS) is 33.4. The molecule has 9 aliphatic heterocycles. The lowest BCUT2D eigenvalue weighted by molar-refractivity contribution is -0.119. The number of amides is 2. The standard InChI is InChI=1S/C32H34FN13O11P2S2.2C18H21FN12O8P2S3.H3N/c1-15(2)27(47)39-32-38-26-22(29(49)40-32)42-44-46(26)30-18-11-17(54-30)12-53-59(61,51-10-6-9-34)57-23-19(13-52-58(50,60)56-18)55-31(20(23)33)45-25-21(41-43-45)24(35-14-36-25)37-28(48)16-7-4-3-5-8-16;2*19-8-11-7(37-17(8)30-13-9(26-28-30)12(20)22-4-23-13)3-34-40(33,42)38-6-1-5(2-35-41(43,44)39-11)36-16(6)31-14-10(27-29-31)15(32)25-18(21)24-14;/h3-5,7-8,14-15,17-20,23,30-31H,6,10-13H2,1-2H3,(H,50,60)(H,35,36,37,48)(H2,38,39,40,47,49);2*4-8,11,16-17H,1-3H2,(H,33,42)(H,43,44)(H2,20,22,23)(H3,21,24,25,32);1H3/t17-,18-,19+,20-,23+,30+,31+,58?,59?;2*5-,6-,7+,8-,11+,16+,17+,40?;/m000./s1. The van der Waals surface area contributed by atoms with Crippen LogP contribution in [0.3, 0.4) is 0 Å². The lowest BCUT2D eigenvalue weighted by Gasteiger charge is -2.29. The van der Waals surface area contributed by atoms with Gasteiger partial charge in [-0.25, -0.2) is 47.6 Å². The third-order valence-corrected chi connectivity index (χ3v) is 34.6. The number of nitrogens with zero attached hydrogens (tertiary/aromatic N) is 28. The highest BCUT2D eigenvalue weighted by molar-refractivity contribution is 8.60. The van der Waals surface area contributed by atoms with Crippen molar-refractivity contribution in [2.45, 2.75) is 169 Å². The predicted octanol–water partition coefficient (Wildman–Crippen LogP) is 2.54. The maximum atomic E-state index is 16.8. The van der Waals surface area contributed by atoms with Crippen LogP contribution >= 0.6 is 75.1 Å². The topological polar surface area (TPSA) is 853 Å². The van der Waals surface area contributed by atoms with E-state index in [-0.39, 0.29) is 161 Å². The summed E-state index contributed by atoms with van der Waals surface area (Å²) >= 11 is 40.3. The number of benzene rings is 1. The van der Waals surface area contributed by atoms with Crippen LogP contribution in [-0.4, -0.2) is 309 Å². The largest absolute Gasteiger partial charge is 0.386 e. The molecule has 6 bridgehead atoms. The number of rotatable bonds is 13. The van der Waals surface area contributed by atoms with Gasteiger partial charge in [-0.15, -0.1) is 30.6 Å². The number of nitriles is 1. The summed E-state index contributed by atoms with van der Waals surface area (Å²) in [6, 6.07) is 10.3. The Labute approximate surface area is 874 Å². The molecule has 802 valence electrons. The second-order valence-corrected chi connectivity index (χ2v) is 55.3. The Kier molecular flexibility index (Phi) is 31.7. The smallest absolute Gasteiger partial charge is 0.382 e. The number of carbonyl (C=O) groups is 2. The van der Waals surface area contributed by atoms with Gasteiger partial charge < -0.3 is 118 Å². The number of hydrogen-bond donors (Lipinski definition) is 15. The molecule has 21 heterocycles. The van der Waals surface area contributed by atoms with Crippen molar-refractivity contribution in [1.29, 1.82) is 5.26 Å². The first-order chi connectivity index (χ1) is 71.0. The molecule has 82 heteroatoms. The summed E-state index contributed by atoms with van der Waals surface area (Å²) in [6.45, 7) is -15.9. The highest BCUT2D eigenvalue weighted by Crippen LogP contribution is 2.64. The molecule has 0 saturated carbocycles. The Morgan fingerprint density at radius 1 is 0.487 bits per heavy atom. The van der Waals surface area contributed by atoms with Gasteiger partial charge in [0.15, 0.2) is 140 Å². The van der Waals surface area contributed by atoms with Crippen molar-refractivity contribution in [2.24, 2.45) is 5.92 Å². The Balaban J connectivity index is 0.000000143. The van der Waals surface area contributed by atoms with Gasteiger partial charge in [0.1, 0.15) is 73.9 Å². The molecule has 2 amide bonds. The number of nitrogen functional groups attached to an aromatic ring is 4. The van der Waals surface area contributed by atoms with Gasteiger partial charge in [0.05, 0.1) is 77.1 Å². The van der Waals surface area contributed by atoms with E-state index in [2.05, 4.69) is 169 Å². The Morgan fingerprint density at radius 2 is 0.873 bits per heavy atom. The molecule has 13 aromatic rings. The SMILES string of the molecule is CC(C)C(=O)Nc1nc2c(nnn2[C@@H]2O[C@@H]3COP(=S)(OCCC#N)O[C@H]4[C@H](F)[C@H](n5nnc6c(NC(=O)c7ccccc7)ncnc65)O[C@@H]4COP(O)(=S)O[C@H]2C3)c(=O)[nH]1.N.Nc1nc2c(nnn2[C@@H]2O[C@@H]3COP(=S)(S)O[C@H]4[C@H](F)[C@H](n5nnc6c(N)ncnc65)O[C@@H]4COP(=O)(S)O[C@H]2C3)c(=O)[nH]1.Nc1nc2c(nnn2[C@@H]2O[C@@H]3COP(=S)(S)O[C@H]4[C@H](F)[C@H](n5nnc6c(N)ncnc65)O[C@@H]4COP(O)(=S)O[C@H]2C3)c(=O)[nH]1. The van der Waals surface area contributed by atoms with E-state index >= 15 is 13.2 Å². The number of anilines is 6. The number of hydrogen-bond acceptors (Lipinski definition) is 57. The zero-order chi connectivity index (χ0) is 105. The third kappa shape index (κ3) is 22.9. The van der Waals surface area contributed by atoms with E-state index in [1.165, 1.54) is 11.0 Å². The minimum Gasteiger partial charge on any atom is -0.382 e. The number of fused-ring (bicyclic) bond motifs is 15. The number of halogens is 3. The van der Waals surface area contributed by atoms with E-state index in [1.54, 1.807) is 44.2 Å². The summed E-state index contributed by atoms with van der Waals surface area (Å²) in [5, 5.41) is 61.9. The van der Waals surface area contributed by atoms with Crippen molar-refractivity contribution >= 4 is 248 Å². The fourth-order valence-electron chi connectivity index (χ4n) is 16.4. The minimum atomic E-state index is -4.27. The first-order valence-electron chi connectivity index (χ1n) is 43.5. The van der Waals surface area contributed by atoms with E-state index in [9.17, 15) is 43.6 Å². The lowest BCUT2D eigenvalue weighted by Crippen LogP contribution is -2.34. The van der Waals surface area contributed by atoms with Gasteiger partial charge >= 0.3 is 27.0 Å². The van der Waals surface area contributed by atoms with Crippen molar-refractivity contribution in [1.82, 2.24) is 156 Å². The lowest BCUT2D eigenvalue weighted by atomic mass is 10.1. The molecule has 9 aliphatic rings. The molecule has 65 nitrogen and oxygen atoms in total. The van der Waals surface area contributed by atoms with Crippen LogP contribution in [0, 0.1) is 17.2 Å². The number of nitrogens with one attached hydrogen (secondary N) is 5. The van der Waals surface area contributed by atoms with E-state index in [0.717, 1.165) is 36.1 Å². The summed E-state index contributed by atoms with van der Waals surface area (Å²) in [5.74, 6) is -1.85. The van der Waals surface area contributed by atoms with Crippen LogP contribution in [0.2, 0.25) is 0 Å². The van der Waals surface area contributed by atoms with Crippen LogP contribution in [0.15, 0.2) is 63.7 Å². The van der Waals surface area contributed by atoms with Crippen molar-refractivity contribution in [2.75, 3.05) is 79.8 Å². The molecule has 1 aromatic carbocycles. The van der Waals surface area contributed by atoms with E-state index in [1.807, 2.05) is 6.07 Å².